The number of rotatable bonds is 4. The normalized spacial score (nSPS) is 10.1. The first-order valence-electron chi connectivity index (χ1n) is 4.68. The van der Waals surface area contributed by atoms with Gasteiger partial charge in [0.25, 0.3) is 5.56 Å². The summed E-state index contributed by atoms with van der Waals surface area (Å²) in [6, 6.07) is 0.849. The Labute approximate surface area is 97.7 Å². The van der Waals surface area contributed by atoms with E-state index in [-0.39, 0.29) is 0 Å². The van der Waals surface area contributed by atoms with E-state index in [1.54, 1.807) is 31.9 Å². The SMILES string of the molecule is C=CCSCc1cc(=O)n(C(=O)N(C)C)o1. The highest BCUT2D eigenvalue weighted by Crippen LogP contribution is 2.10. The highest BCUT2D eigenvalue weighted by atomic mass is 32.2. The van der Waals surface area contributed by atoms with Crippen molar-refractivity contribution in [3.63, 3.8) is 0 Å². The average molecular weight is 242 g/mol. The lowest BCUT2D eigenvalue weighted by Crippen LogP contribution is -2.32. The maximum atomic E-state index is 11.5. The van der Waals surface area contributed by atoms with E-state index in [0.29, 0.717) is 11.5 Å². The lowest BCUT2D eigenvalue weighted by atomic mass is 10.5. The molecule has 0 aliphatic heterocycles. The number of thioether (sulfide) groups is 1. The van der Waals surface area contributed by atoms with Gasteiger partial charge in [0, 0.05) is 25.9 Å². The number of hydrogen-bond acceptors (Lipinski definition) is 4. The first-order valence-corrected chi connectivity index (χ1v) is 5.84. The molecule has 5 nitrogen and oxygen atoms in total. The van der Waals surface area contributed by atoms with Crippen molar-refractivity contribution in [2.75, 3.05) is 19.8 Å². The number of carbonyl (C=O) groups is 1. The summed E-state index contributed by atoms with van der Waals surface area (Å²) in [6.45, 7) is 3.59. The minimum atomic E-state index is -0.482. The zero-order valence-electron chi connectivity index (χ0n) is 9.30. The van der Waals surface area contributed by atoms with E-state index in [0.717, 1.165) is 10.5 Å². The van der Waals surface area contributed by atoms with Gasteiger partial charge < -0.3 is 9.42 Å². The van der Waals surface area contributed by atoms with E-state index in [1.165, 1.54) is 11.0 Å². The molecule has 0 radical (unpaired) electrons. The number of nitrogens with zero attached hydrogens (tertiary/aromatic N) is 2. The van der Waals surface area contributed by atoms with E-state index >= 15 is 0 Å². The van der Waals surface area contributed by atoms with E-state index < -0.39 is 11.6 Å². The predicted octanol–water partition coefficient (Wildman–Crippen LogP) is 1.39. The van der Waals surface area contributed by atoms with Crippen molar-refractivity contribution in [1.29, 1.82) is 0 Å². The molecule has 0 aliphatic rings. The maximum Gasteiger partial charge on any atom is 0.360 e. The maximum absolute atomic E-state index is 11.5. The van der Waals surface area contributed by atoms with Crippen LogP contribution in [0.25, 0.3) is 0 Å². The van der Waals surface area contributed by atoms with E-state index in [2.05, 4.69) is 6.58 Å². The van der Waals surface area contributed by atoms with E-state index in [4.69, 9.17) is 4.52 Å². The van der Waals surface area contributed by atoms with Crippen molar-refractivity contribution in [2.45, 2.75) is 5.75 Å². The van der Waals surface area contributed by atoms with Gasteiger partial charge in [0.2, 0.25) is 0 Å². The first kappa shape index (κ1) is 12.6. The minimum absolute atomic E-state index is 0.437. The summed E-state index contributed by atoms with van der Waals surface area (Å²) in [5.74, 6) is 1.82. The van der Waals surface area contributed by atoms with E-state index in [1.807, 2.05) is 0 Å². The molecule has 88 valence electrons. The van der Waals surface area contributed by atoms with Crippen LogP contribution in [0.2, 0.25) is 0 Å². The van der Waals surface area contributed by atoms with Crippen LogP contribution in [0.5, 0.6) is 0 Å². The summed E-state index contributed by atoms with van der Waals surface area (Å²) >= 11 is 1.56. The standard InChI is InChI=1S/C10H14N2O3S/c1-4-5-16-7-8-6-9(13)12(15-8)10(14)11(2)3/h4,6H,1,5,7H2,2-3H3. The molecule has 1 amide bonds. The van der Waals surface area contributed by atoms with Crippen LogP contribution < -0.4 is 5.56 Å². The molecule has 0 saturated heterocycles. The molecule has 1 rings (SSSR count). The summed E-state index contributed by atoms with van der Waals surface area (Å²) in [5, 5.41) is 0. The molecular formula is C10H14N2O3S. The third-order valence-electron chi connectivity index (χ3n) is 1.73. The average Bonchev–Trinajstić information content (AvgIpc) is 2.59. The van der Waals surface area contributed by atoms with Crippen molar-refractivity contribution in [2.24, 2.45) is 0 Å². The van der Waals surface area contributed by atoms with Gasteiger partial charge in [-0.05, 0) is 0 Å². The number of carbonyl (C=O) groups excluding carboxylic acids is 1. The monoisotopic (exact) mass is 242 g/mol. The zero-order valence-corrected chi connectivity index (χ0v) is 10.1. The van der Waals surface area contributed by atoms with Gasteiger partial charge in [-0.15, -0.1) is 18.3 Å². The van der Waals surface area contributed by atoms with Gasteiger partial charge in [-0.1, -0.05) is 10.8 Å². The van der Waals surface area contributed by atoms with Gasteiger partial charge in [-0.25, -0.2) is 4.79 Å². The van der Waals surface area contributed by atoms with Crippen LogP contribution in [-0.4, -0.2) is 35.5 Å². The Hall–Kier alpha value is -1.43. The van der Waals surface area contributed by atoms with Crippen LogP contribution in [0.1, 0.15) is 5.76 Å². The highest BCUT2D eigenvalue weighted by molar-refractivity contribution is 7.98. The number of hydrogen-bond donors (Lipinski definition) is 0. The summed E-state index contributed by atoms with van der Waals surface area (Å²) in [6.07, 6.45) is 1.77. The largest absolute Gasteiger partial charge is 0.371 e. The molecule has 0 unspecified atom stereocenters. The van der Waals surface area contributed by atoms with Crippen LogP contribution in [0, 0.1) is 0 Å². The lowest BCUT2D eigenvalue weighted by Gasteiger charge is -2.07. The lowest BCUT2D eigenvalue weighted by molar-refractivity contribution is 0.182. The topological polar surface area (TPSA) is 55.5 Å². The summed E-state index contributed by atoms with van der Waals surface area (Å²) < 4.78 is 5.90. The highest BCUT2D eigenvalue weighted by Gasteiger charge is 2.14. The van der Waals surface area contributed by atoms with Crippen LogP contribution in [0.3, 0.4) is 0 Å². The molecule has 1 aromatic rings. The van der Waals surface area contributed by atoms with Crippen molar-refractivity contribution >= 4 is 17.8 Å². The molecule has 0 N–H and O–H groups in total. The second-order valence-electron chi connectivity index (χ2n) is 3.32. The fourth-order valence-electron chi connectivity index (χ4n) is 1.01. The fourth-order valence-corrected chi connectivity index (χ4v) is 1.63. The van der Waals surface area contributed by atoms with Gasteiger partial charge in [0.15, 0.2) is 0 Å². The van der Waals surface area contributed by atoms with Crippen molar-refractivity contribution in [1.82, 2.24) is 9.64 Å². The molecule has 0 atom stereocenters. The molecule has 16 heavy (non-hydrogen) atoms. The third-order valence-corrected chi connectivity index (χ3v) is 2.69. The molecule has 0 saturated carbocycles. The van der Waals surface area contributed by atoms with Crippen molar-refractivity contribution < 1.29 is 9.32 Å². The van der Waals surface area contributed by atoms with Crippen molar-refractivity contribution in [3.8, 4) is 0 Å². The minimum Gasteiger partial charge on any atom is -0.371 e. The second-order valence-corrected chi connectivity index (χ2v) is 4.35. The first-order chi connectivity index (χ1) is 7.56. The van der Waals surface area contributed by atoms with E-state index in [9.17, 15) is 9.59 Å². The molecule has 0 spiro atoms. The Morgan fingerprint density at radius 3 is 2.94 bits per heavy atom. The van der Waals surface area contributed by atoms with Crippen LogP contribution >= 0.6 is 11.8 Å². The molecule has 1 heterocycles. The van der Waals surface area contributed by atoms with Crippen LogP contribution in [0.4, 0.5) is 4.79 Å². The Morgan fingerprint density at radius 1 is 1.69 bits per heavy atom. The molecule has 0 bridgehead atoms. The number of aromatic nitrogens is 1. The Balaban J connectivity index is 2.78. The van der Waals surface area contributed by atoms with Gasteiger partial charge in [0.1, 0.15) is 5.76 Å². The van der Waals surface area contributed by atoms with Crippen LogP contribution in [-0.2, 0) is 5.75 Å². The van der Waals surface area contributed by atoms with Gasteiger partial charge in [0.05, 0.1) is 5.75 Å². The van der Waals surface area contributed by atoms with Crippen molar-refractivity contribution in [3.05, 3.63) is 34.8 Å². The molecular weight excluding hydrogens is 228 g/mol. The summed E-state index contributed by atoms with van der Waals surface area (Å²) in [4.78, 5) is 24.2. The molecule has 6 heteroatoms. The third kappa shape index (κ3) is 3.03. The van der Waals surface area contributed by atoms with Gasteiger partial charge in [-0.2, -0.15) is 0 Å². The summed E-state index contributed by atoms with van der Waals surface area (Å²) in [5.41, 5.74) is -0.437. The molecule has 0 fully saturated rings. The van der Waals surface area contributed by atoms with Gasteiger partial charge >= 0.3 is 6.03 Å². The Bertz CT molecular complexity index is 434. The Kier molecular flexibility index (Phi) is 4.42. The van der Waals surface area contributed by atoms with Crippen LogP contribution in [0.15, 0.2) is 28.0 Å². The predicted molar refractivity (Wildman–Crippen MR) is 63.8 cm³/mol. The summed E-state index contributed by atoms with van der Waals surface area (Å²) in [7, 11) is 3.12. The molecule has 0 aliphatic carbocycles. The quantitative estimate of drug-likeness (QED) is 0.591. The zero-order chi connectivity index (χ0) is 12.1. The Morgan fingerprint density at radius 2 is 2.38 bits per heavy atom. The van der Waals surface area contributed by atoms with Gasteiger partial charge in [-0.3, -0.25) is 4.79 Å². The molecule has 1 aromatic heterocycles. The number of amides is 1. The second kappa shape index (κ2) is 5.60. The fraction of sp³-hybridized carbons (Fsp3) is 0.400. The molecule has 0 aromatic carbocycles. The smallest absolute Gasteiger partial charge is 0.360 e.